The highest BCUT2D eigenvalue weighted by molar-refractivity contribution is 6.39. The molecule has 6 nitrogen and oxygen atoms in total. The van der Waals surface area contributed by atoms with E-state index in [-0.39, 0.29) is 6.04 Å². The van der Waals surface area contributed by atoms with Gasteiger partial charge in [-0.05, 0) is 74.2 Å². The lowest BCUT2D eigenvalue weighted by molar-refractivity contribution is -0.136. The molecule has 1 fully saturated rings. The number of benzene rings is 2. The maximum absolute atomic E-state index is 12.5. The van der Waals surface area contributed by atoms with E-state index < -0.39 is 11.8 Å². The number of carbonyl (C=O) groups excluding carboxylic acids is 2. The molecule has 0 unspecified atom stereocenters. The minimum Gasteiger partial charge on any atom is -0.374 e. The zero-order chi connectivity index (χ0) is 21.8. The second-order valence-corrected chi connectivity index (χ2v) is 8.78. The Morgan fingerprint density at radius 1 is 1.03 bits per heavy atom. The van der Waals surface area contributed by atoms with Crippen molar-refractivity contribution >= 4 is 34.8 Å². The van der Waals surface area contributed by atoms with E-state index in [0.29, 0.717) is 17.3 Å². The van der Waals surface area contributed by atoms with Crippen LogP contribution < -0.4 is 15.5 Å². The van der Waals surface area contributed by atoms with Crippen molar-refractivity contribution in [3.05, 3.63) is 58.6 Å². The molecule has 164 valence electrons. The van der Waals surface area contributed by atoms with Gasteiger partial charge >= 0.3 is 11.8 Å². The number of halogens is 1. The second kappa shape index (κ2) is 9.71. The van der Waals surface area contributed by atoms with Crippen molar-refractivity contribution in [3.8, 4) is 0 Å². The SMILES string of the molecule is CN1CCCc2cc([C@@H](CNC(=O)C(=O)Nc3cccc(Cl)c3)N3CCCC3)ccc21. The summed E-state index contributed by atoms with van der Waals surface area (Å²) in [6.07, 6.45) is 4.55. The van der Waals surface area contributed by atoms with Crippen LogP contribution in [0.5, 0.6) is 0 Å². The Labute approximate surface area is 188 Å². The van der Waals surface area contributed by atoms with Gasteiger partial charge in [-0.2, -0.15) is 0 Å². The monoisotopic (exact) mass is 440 g/mol. The van der Waals surface area contributed by atoms with E-state index in [1.165, 1.54) is 16.8 Å². The number of aryl methyl sites for hydroxylation is 1. The lowest BCUT2D eigenvalue weighted by atomic mass is 9.96. The molecule has 1 saturated heterocycles. The van der Waals surface area contributed by atoms with E-state index in [1.54, 1.807) is 24.3 Å². The summed E-state index contributed by atoms with van der Waals surface area (Å²) in [5, 5.41) is 5.96. The third-order valence-electron chi connectivity index (χ3n) is 6.17. The molecule has 0 saturated carbocycles. The number of fused-ring (bicyclic) bond motifs is 1. The summed E-state index contributed by atoms with van der Waals surface area (Å²) in [5.74, 6) is -1.32. The van der Waals surface area contributed by atoms with E-state index in [0.717, 1.165) is 45.3 Å². The Morgan fingerprint density at radius 2 is 1.84 bits per heavy atom. The number of rotatable bonds is 5. The molecule has 0 radical (unpaired) electrons. The number of nitrogens with one attached hydrogen (secondary N) is 2. The van der Waals surface area contributed by atoms with Crippen molar-refractivity contribution < 1.29 is 9.59 Å². The minimum atomic E-state index is -0.686. The molecular weight excluding hydrogens is 412 g/mol. The fraction of sp³-hybridized carbons (Fsp3) is 0.417. The highest BCUT2D eigenvalue weighted by Gasteiger charge is 2.26. The van der Waals surface area contributed by atoms with Gasteiger partial charge in [-0.15, -0.1) is 0 Å². The standard InChI is InChI=1S/C24H29ClN4O2/c1-28-11-5-6-17-14-18(9-10-21(17)28)22(29-12-2-3-13-29)16-26-23(30)24(31)27-20-8-4-7-19(25)15-20/h4,7-10,14-15,22H,2-3,5-6,11-13,16H2,1H3,(H,26,30)(H,27,31)/t22-/m1/s1. The highest BCUT2D eigenvalue weighted by Crippen LogP contribution is 2.31. The van der Waals surface area contributed by atoms with Crippen LogP contribution in [0.3, 0.4) is 0 Å². The average molecular weight is 441 g/mol. The van der Waals surface area contributed by atoms with Crippen LogP contribution in [0.15, 0.2) is 42.5 Å². The number of nitrogens with zero attached hydrogens (tertiary/aromatic N) is 2. The third kappa shape index (κ3) is 5.20. The van der Waals surface area contributed by atoms with Gasteiger partial charge in [0.1, 0.15) is 0 Å². The van der Waals surface area contributed by atoms with Gasteiger partial charge in [0.2, 0.25) is 0 Å². The molecule has 0 aliphatic carbocycles. The van der Waals surface area contributed by atoms with Gasteiger partial charge in [0.15, 0.2) is 0 Å². The summed E-state index contributed by atoms with van der Waals surface area (Å²) in [4.78, 5) is 29.5. The topological polar surface area (TPSA) is 64.7 Å². The normalized spacial score (nSPS) is 17.2. The molecule has 2 aliphatic heterocycles. The zero-order valence-electron chi connectivity index (χ0n) is 17.9. The number of likely N-dealkylation sites (tertiary alicyclic amines) is 1. The fourth-order valence-electron chi connectivity index (χ4n) is 4.55. The third-order valence-corrected chi connectivity index (χ3v) is 6.40. The minimum absolute atomic E-state index is 0.0583. The quantitative estimate of drug-likeness (QED) is 0.697. The Balaban J connectivity index is 1.45. The van der Waals surface area contributed by atoms with E-state index in [1.807, 2.05) is 0 Å². The zero-order valence-corrected chi connectivity index (χ0v) is 18.6. The van der Waals surface area contributed by atoms with Crippen LogP contribution in [0.4, 0.5) is 11.4 Å². The molecular formula is C24H29ClN4O2. The van der Waals surface area contributed by atoms with Crippen molar-refractivity contribution in [2.24, 2.45) is 0 Å². The Morgan fingerprint density at radius 3 is 2.61 bits per heavy atom. The van der Waals surface area contributed by atoms with Gasteiger partial charge in [0.05, 0.1) is 6.04 Å². The molecule has 2 aliphatic rings. The van der Waals surface area contributed by atoms with Crippen molar-refractivity contribution in [1.82, 2.24) is 10.2 Å². The number of amides is 2. The van der Waals surface area contributed by atoms with Crippen LogP contribution in [0.25, 0.3) is 0 Å². The molecule has 0 bridgehead atoms. The molecule has 7 heteroatoms. The summed E-state index contributed by atoms with van der Waals surface area (Å²) < 4.78 is 0. The molecule has 31 heavy (non-hydrogen) atoms. The van der Waals surface area contributed by atoms with E-state index in [9.17, 15) is 9.59 Å². The van der Waals surface area contributed by atoms with Crippen LogP contribution in [-0.4, -0.2) is 49.9 Å². The van der Waals surface area contributed by atoms with Gasteiger partial charge in [-0.25, -0.2) is 0 Å². The lowest BCUT2D eigenvalue weighted by Crippen LogP contribution is -2.41. The van der Waals surface area contributed by atoms with Crippen LogP contribution >= 0.6 is 11.6 Å². The van der Waals surface area contributed by atoms with Crippen LogP contribution in [0.2, 0.25) is 5.02 Å². The van der Waals surface area contributed by atoms with E-state index >= 15 is 0 Å². The molecule has 4 rings (SSSR count). The van der Waals surface area contributed by atoms with Crippen molar-refractivity contribution in [3.63, 3.8) is 0 Å². The number of anilines is 2. The van der Waals surface area contributed by atoms with E-state index in [2.05, 4.69) is 45.7 Å². The smallest absolute Gasteiger partial charge is 0.313 e. The van der Waals surface area contributed by atoms with Gasteiger partial charge in [-0.1, -0.05) is 29.8 Å². The van der Waals surface area contributed by atoms with Crippen molar-refractivity contribution in [2.45, 2.75) is 31.7 Å². The van der Waals surface area contributed by atoms with Crippen molar-refractivity contribution in [2.75, 3.05) is 43.4 Å². The largest absolute Gasteiger partial charge is 0.374 e. The van der Waals surface area contributed by atoms with Gasteiger partial charge in [0.25, 0.3) is 0 Å². The summed E-state index contributed by atoms with van der Waals surface area (Å²) in [6.45, 7) is 3.49. The Kier molecular flexibility index (Phi) is 6.78. The van der Waals surface area contributed by atoms with Gasteiger partial charge in [0, 0.05) is 36.5 Å². The summed E-state index contributed by atoms with van der Waals surface area (Å²) in [5.41, 5.74) is 4.36. The lowest BCUT2D eigenvalue weighted by Gasteiger charge is -2.31. The predicted molar refractivity (Wildman–Crippen MR) is 125 cm³/mol. The molecule has 0 spiro atoms. The van der Waals surface area contributed by atoms with Crippen LogP contribution in [-0.2, 0) is 16.0 Å². The molecule has 0 aromatic heterocycles. The summed E-state index contributed by atoms with van der Waals surface area (Å²) in [7, 11) is 2.13. The average Bonchev–Trinajstić information content (AvgIpc) is 3.28. The first kappa shape index (κ1) is 21.7. The number of carbonyl (C=O) groups is 2. The first-order valence-electron chi connectivity index (χ1n) is 10.9. The molecule has 2 N–H and O–H groups in total. The second-order valence-electron chi connectivity index (χ2n) is 8.35. The van der Waals surface area contributed by atoms with Gasteiger partial charge in [-0.3, -0.25) is 14.5 Å². The maximum atomic E-state index is 12.5. The summed E-state index contributed by atoms with van der Waals surface area (Å²) in [6, 6.07) is 13.5. The summed E-state index contributed by atoms with van der Waals surface area (Å²) >= 11 is 5.95. The van der Waals surface area contributed by atoms with Crippen LogP contribution in [0, 0.1) is 0 Å². The Bertz CT molecular complexity index is 958. The van der Waals surface area contributed by atoms with Gasteiger partial charge < -0.3 is 15.5 Å². The van der Waals surface area contributed by atoms with E-state index in [4.69, 9.17) is 11.6 Å². The molecule has 2 heterocycles. The predicted octanol–water partition coefficient (Wildman–Crippen LogP) is 3.61. The number of hydrogen-bond donors (Lipinski definition) is 2. The Hall–Kier alpha value is -2.57. The molecule has 2 aromatic rings. The number of hydrogen-bond acceptors (Lipinski definition) is 4. The first-order chi connectivity index (χ1) is 15.0. The molecule has 2 amide bonds. The molecule has 2 aromatic carbocycles. The molecule has 1 atom stereocenters. The van der Waals surface area contributed by atoms with Crippen molar-refractivity contribution in [1.29, 1.82) is 0 Å². The fourth-order valence-corrected chi connectivity index (χ4v) is 4.74. The maximum Gasteiger partial charge on any atom is 0.313 e. The first-order valence-corrected chi connectivity index (χ1v) is 11.3. The highest BCUT2D eigenvalue weighted by atomic mass is 35.5. The van der Waals surface area contributed by atoms with Crippen LogP contribution in [0.1, 0.15) is 36.4 Å².